The number of para-hydroxylation sites is 1. The summed E-state index contributed by atoms with van der Waals surface area (Å²) in [6.07, 6.45) is 1.11. The molecule has 3 unspecified atom stereocenters. The number of hydrogen-bond donors (Lipinski definition) is 1. The van der Waals surface area contributed by atoms with Crippen molar-refractivity contribution in [2.75, 3.05) is 18.0 Å². The molecule has 1 heterocycles. The highest BCUT2D eigenvalue weighted by Gasteiger charge is 2.34. The van der Waals surface area contributed by atoms with E-state index in [0.717, 1.165) is 19.5 Å². The zero-order chi connectivity index (χ0) is 15.6. The second-order valence-electron chi connectivity index (χ2n) is 6.43. The van der Waals surface area contributed by atoms with Gasteiger partial charge in [-0.05, 0) is 24.0 Å². The van der Waals surface area contributed by atoms with Crippen molar-refractivity contribution in [3.05, 3.63) is 29.0 Å². The Labute approximate surface area is 132 Å². The van der Waals surface area contributed by atoms with E-state index in [-0.39, 0.29) is 11.9 Å². The number of nitrogens with one attached hydrogen (secondary N) is 1. The zero-order valence-corrected chi connectivity index (χ0v) is 14.1. The molecule has 1 aliphatic heterocycles. The van der Waals surface area contributed by atoms with Crippen LogP contribution in [-0.2, 0) is 0 Å². The normalized spacial score (nSPS) is 24.4. The monoisotopic (exact) mass is 312 g/mol. The quantitative estimate of drug-likeness (QED) is 0.890. The number of nitrogens with zero attached hydrogens (tertiary/aromatic N) is 1. The lowest BCUT2D eigenvalue weighted by Gasteiger charge is -2.45. The van der Waals surface area contributed by atoms with Gasteiger partial charge in [-0.3, -0.25) is 0 Å². The summed E-state index contributed by atoms with van der Waals surface area (Å²) in [5.74, 6) is 0.773. The van der Waals surface area contributed by atoms with E-state index in [9.17, 15) is 4.39 Å². The molecule has 1 aromatic rings. The van der Waals surface area contributed by atoms with E-state index in [1.54, 1.807) is 12.1 Å². The maximum absolute atomic E-state index is 14.3. The summed E-state index contributed by atoms with van der Waals surface area (Å²) in [5.41, 5.74) is 0.563. The lowest BCUT2D eigenvalue weighted by Crippen LogP contribution is -2.60. The standard InChI is InChI=1S/C17H26ClFN2/c1-5-12(4)15-10-21(16(9-20-15)11(2)3)17-13(18)7-6-8-14(17)19/h6-8,11-12,15-16,20H,5,9-10H2,1-4H3. The Bertz CT molecular complexity index is 458. The van der Waals surface area contributed by atoms with Gasteiger partial charge < -0.3 is 10.2 Å². The van der Waals surface area contributed by atoms with Crippen LogP contribution in [0, 0.1) is 17.7 Å². The molecule has 0 spiro atoms. The molecule has 0 saturated carbocycles. The lowest BCUT2D eigenvalue weighted by molar-refractivity contribution is 0.280. The number of hydrogen-bond acceptors (Lipinski definition) is 2. The fourth-order valence-corrected chi connectivity index (χ4v) is 3.35. The van der Waals surface area contributed by atoms with Crippen LogP contribution in [0.1, 0.15) is 34.1 Å². The van der Waals surface area contributed by atoms with Crippen molar-refractivity contribution in [2.24, 2.45) is 11.8 Å². The summed E-state index contributed by atoms with van der Waals surface area (Å²) in [4.78, 5) is 2.18. The van der Waals surface area contributed by atoms with Crippen LogP contribution in [0.15, 0.2) is 18.2 Å². The topological polar surface area (TPSA) is 15.3 Å². The minimum atomic E-state index is -0.224. The second-order valence-corrected chi connectivity index (χ2v) is 6.84. The maximum atomic E-state index is 14.3. The highest BCUT2D eigenvalue weighted by atomic mass is 35.5. The van der Waals surface area contributed by atoms with Gasteiger partial charge in [0.25, 0.3) is 0 Å². The molecule has 0 radical (unpaired) electrons. The molecule has 118 valence electrons. The number of piperazine rings is 1. The van der Waals surface area contributed by atoms with Gasteiger partial charge >= 0.3 is 0 Å². The van der Waals surface area contributed by atoms with Gasteiger partial charge in [0.05, 0.1) is 10.7 Å². The molecule has 1 aliphatic rings. The van der Waals surface area contributed by atoms with Gasteiger partial charge in [-0.2, -0.15) is 0 Å². The molecule has 0 aromatic heterocycles. The van der Waals surface area contributed by atoms with Gasteiger partial charge in [-0.25, -0.2) is 4.39 Å². The molecule has 1 saturated heterocycles. The average molecular weight is 313 g/mol. The molecule has 4 heteroatoms. The first-order valence-corrected chi connectivity index (χ1v) is 8.27. The number of anilines is 1. The Morgan fingerprint density at radius 1 is 1.38 bits per heavy atom. The van der Waals surface area contributed by atoms with Crippen LogP contribution in [-0.4, -0.2) is 25.2 Å². The zero-order valence-electron chi connectivity index (χ0n) is 13.4. The van der Waals surface area contributed by atoms with E-state index in [1.165, 1.54) is 6.07 Å². The summed E-state index contributed by atoms with van der Waals surface area (Å²) >= 11 is 6.29. The van der Waals surface area contributed by atoms with Crippen molar-refractivity contribution in [3.63, 3.8) is 0 Å². The molecule has 0 amide bonds. The molecule has 2 nitrogen and oxygen atoms in total. The molecule has 1 aromatic carbocycles. The largest absolute Gasteiger partial charge is 0.362 e. The van der Waals surface area contributed by atoms with E-state index in [0.29, 0.717) is 28.6 Å². The lowest BCUT2D eigenvalue weighted by atomic mass is 9.91. The molecule has 21 heavy (non-hydrogen) atoms. The fourth-order valence-electron chi connectivity index (χ4n) is 3.08. The van der Waals surface area contributed by atoms with Crippen LogP contribution in [0.3, 0.4) is 0 Å². The van der Waals surface area contributed by atoms with Gasteiger partial charge in [-0.1, -0.05) is 51.8 Å². The maximum Gasteiger partial charge on any atom is 0.148 e. The van der Waals surface area contributed by atoms with Crippen molar-refractivity contribution in [1.29, 1.82) is 0 Å². The summed E-state index contributed by atoms with van der Waals surface area (Å²) in [5, 5.41) is 4.14. The van der Waals surface area contributed by atoms with E-state index >= 15 is 0 Å². The third kappa shape index (κ3) is 3.51. The molecule has 0 bridgehead atoms. The van der Waals surface area contributed by atoms with Gasteiger partial charge in [0.2, 0.25) is 0 Å². The minimum Gasteiger partial charge on any atom is -0.362 e. The van der Waals surface area contributed by atoms with Crippen LogP contribution in [0.4, 0.5) is 10.1 Å². The van der Waals surface area contributed by atoms with Gasteiger partial charge in [-0.15, -0.1) is 0 Å². The molecule has 1 N–H and O–H groups in total. The van der Waals surface area contributed by atoms with Crippen LogP contribution in [0.25, 0.3) is 0 Å². The third-order valence-electron chi connectivity index (χ3n) is 4.71. The third-order valence-corrected chi connectivity index (χ3v) is 5.01. The van der Waals surface area contributed by atoms with Gasteiger partial charge in [0.15, 0.2) is 0 Å². The van der Waals surface area contributed by atoms with E-state index in [4.69, 9.17) is 11.6 Å². The Hall–Kier alpha value is -0.800. The Kier molecular flexibility index (Phi) is 5.50. The van der Waals surface area contributed by atoms with Crippen molar-refractivity contribution >= 4 is 17.3 Å². The first-order chi connectivity index (χ1) is 9.95. The van der Waals surface area contributed by atoms with Crippen LogP contribution in [0.2, 0.25) is 5.02 Å². The highest BCUT2D eigenvalue weighted by Crippen LogP contribution is 2.34. The Morgan fingerprint density at radius 2 is 2.10 bits per heavy atom. The predicted molar refractivity (Wildman–Crippen MR) is 88.6 cm³/mol. The van der Waals surface area contributed by atoms with Crippen molar-refractivity contribution in [1.82, 2.24) is 5.32 Å². The van der Waals surface area contributed by atoms with E-state index < -0.39 is 0 Å². The first kappa shape index (κ1) is 16.6. The molecular formula is C17H26ClFN2. The molecule has 1 fully saturated rings. The Morgan fingerprint density at radius 3 is 2.67 bits per heavy atom. The molecule has 3 atom stereocenters. The first-order valence-electron chi connectivity index (χ1n) is 7.89. The van der Waals surface area contributed by atoms with Crippen LogP contribution < -0.4 is 10.2 Å². The molecule has 2 rings (SSSR count). The SMILES string of the molecule is CCC(C)C1CN(c2c(F)cccc2Cl)C(C(C)C)CN1. The van der Waals surface area contributed by atoms with Gasteiger partial charge in [0.1, 0.15) is 5.82 Å². The minimum absolute atomic E-state index is 0.224. The summed E-state index contributed by atoms with van der Waals surface area (Å²) in [6.45, 7) is 10.5. The molecular weight excluding hydrogens is 287 g/mol. The summed E-state index contributed by atoms with van der Waals surface area (Å²) in [6, 6.07) is 5.58. The number of rotatable bonds is 4. The van der Waals surface area contributed by atoms with Crippen molar-refractivity contribution in [3.8, 4) is 0 Å². The van der Waals surface area contributed by atoms with E-state index in [2.05, 4.69) is 37.9 Å². The van der Waals surface area contributed by atoms with Crippen molar-refractivity contribution in [2.45, 2.75) is 46.2 Å². The van der Waals surface area contributed by atoms with Gasteiger partial charge in [0, 0.05) is 25.2 Å². The number of halogens is 2. The highest BCUT2D eigenvalue weighted by molar-refractivity contribution is 6.33. The Balaban J connectivity index is 2.34. The summed E-state index contributed by atoms with van der Waals surface area (Å²) in [7, 11) is 0. The van der Waals surface area contributed by atoms with E-state index in [1.807, 2.05) is 0 Å². The average Bonchev–Trinajstić information content (AvgIpc) is 2.46. The second kappa shape index (κ2) is 6.97. The number of benzene rings is 1. The smallest absolute Gasteiger partial charge is 0.148 e. The summed E-state index contributed by atoms with van der Waals surface area (Å²) < 4.78 is 14.3. The van der Waals surface area contributed by atoms with Crippen molar-refractivity contribution < 1.29 is 4.39 Å². The predicted octanol–water partition coefficient (Wildman–Crippen LogP) is 4.33. The fraction of sp³-hybridized carbons (Fsp3) is 0.647. The van der Waals surface area contributed by atoms with Crippen LogP contribution in [0.5, 0.6) is 0 Å². The van der Waals surface area contributed by atoms with Crippen LogP contribution >= 0.6 is 11.6 Å². The molecule has 0 aliphatic carbocycles.